The Hall–Kier alpha value is -0.930. The predicted octanol–water partition coefficient (Wildman–Crippen LogP) is 2.62. The third-order valence-electron chi connectivity index (χ3n) is 1.98. The van der Waals surface area contributed by atoms with Crippen LogP contribution in [0.1, 0.15) is 19.8 Å². The third kappa shape index (κ3) is 5.83. The molecule has 0 aliphatic carbocycles. The maximum absolute atomic E-state index is 5.53. The summed E-state index contributed by atoms with van der Waals surface area (Å²) in [6.07, 6.45) is 2.24. The van der Waals surface area contributed by atoms with E-state index >= 15 is 0 Å². The topological polar surface area (TPSA) is 44.5 Å². The minimum absolute atomic E-state index is 0. The number of hydrogen-bond acceptors (Lipinski definition) is 3. The Morgan fingerprint density at radius 2 is 1.50 bits per heavy atom. The average molecular weight is 246 g/mol. The molecule has 0 heterocycles. The molecule has 0 aliphatic heterocycles. The van der Waals surface area contributed by atoms with E-state index in [4.69, 9.17) is 15.2 Å². The lowest BCUT2D eigenvalue weighted by molar-refractivity contribution is 0.306. The first-order chi connectivity index (χ1) is 7.36. The van der Waals surface area contributed by atoms with Gasteiger partial charge in [0.2, 0.25) is 0 Å². The SMILES string of the molecule is CCCCOc1ccc(OCCN)cc1.Cl. The molecular weight excluding hydrogens is 226 g/mol. The summed E-state index contributed by atoms with van der Waals surface area (Å²) in [5.74, 6) is 1.73. The second-order valence-corrected chi connectivity index (χ2v) is 3.31. The molecule has 0 aliphatic rings. The second kappa shape index (κ2) is 9.31. The minimum Gasteiger partial charge on any atom is -0.494 e. The van der Waals surface area contributed by atoms with Crippen molar-refractivity contribution in [3.8, 4) is 11.5 Å². The van der Waals surface area contributed by atoms with E-state index in [0.29, 0.717) is 13.2 Å². The van der Waals surface area contributed by atoms with Crippen LogP contribution in [0.15, 0.2) is 24.3 Å². The Balaban J connectivity index is 0.00000225. The Kier molecular flexibility index (Phi) is 8.77. The number of nitrogens with two attached hydrogens (primary N) is 1. The molecule has 0 aromatic heterocycles. The van der Waals surface area contributed by atoms with Gasteiger partial charge < -0.3 is 15.2 Å². The molecule has 1 rings (SSSR count). The Labute approximate surface area is 103 Å². The van der Waals surface area contributed by atoms with Gasteiger partial charge in [-0.05, 0) is 30.7 Å². The van der Waals surface area contributed by atoms with Crippen molar-refractivity contribution in [1.29, 1.82) is 0 Å². The van der Waals surface area contributed by atoms with E-state index in [1.54, 1.807) is 0 Å². The number of ether oxygens (including phenoxy) is 2. The zero-order chi connectivity index (χ0) is 10.9. The molecule has 16 heavy (non-hydrogen) atoms. The lowest BCUT2D eigenvalue weighted by Crippen LogP contribution is -2.10. The third-order valence-corrected chi connectivity index (χ3v) is 1.98. The van der Waals surface area contributed by atoms with Crippen LogP contribution in [0, 0.1) is 0 Å². The number of unbranched alkanes of at least 4 members (excludes halogenated alkanes) is 1. The average Bonchev–Trinajstić information content (AvgIpc) is 2.28. The van der Waals surface area contributed by atoms with Gasteiger partial charge in [-0.3, -0.25) is 0 Å². The molecular formula is C12H20ClNO2. The summed E-state index contributed by atoms with van der Waals surface area (Å²) >= 11 is 0. The maximum atomic E-state index is 5.53. The van der Waals surface area contributed by atoms with Crippen LogP contribution in [0.2, 0.25) is 0 Å². The number of benzene rings is 1. The van der Waals surface area contributed by atoms with E-state index in [9.17, 15) is 0 Å². The van der Waals surface area contributed by atoms with Gasteiger partial charge in [0.1, 0.15) is 18.1 Å². The molecule has 0 spiro atoms. The molecule has 0 saturated carbocycles. The van der Waals surface area contributed by atoms with Crippen molar-refractivity contribution in [2.45, 2.75) is 19.8 Å². The van der Waals surface area contributed by atoms with Gasteiger partial charge in [-0.15, -0.1) is 12.4 Å². The highest BCUT2D eigenvalue weighted by molar-refractivity contribution is 5.85. The minimum atomic E-state index is 0. The molecule has 3 nitrogen and oxygen atoms in total. The fourth-order valence-electron chi connectivity index (χ4n) is 1.14. The van der Waals surface area contributed by atoms with E-state index in [0.717, 1.165) is 30.9 Å². The molecule has 0 radical (unpaired) electrons. The number of hydrogen-bond donors (Lipinski definition) is 1. The van der Waals surface area contributed by atoms with Crippen molar-refractivity contribution in [2.75, 3.05) is 19.8 Å². The number of rotatable bonds is 7. The standard InChI is InChI=1S/C12H19NO2.ClH/c1-2-3-9-14-11-4-6-12(7-5-11)15-10-8-13;/h4-7H,2-3,8-10,13H2,1H3;1H. The van der Waals surface area contributed by atoms with E-state index in [2.05, 4.69) is 6.92 Å². The summed E-state index contributed by atoms with van der Waals surface area (Å²) in [5, 5.41) is 0. The molecule has 1 aromatic rings. The Bertz CT molecular complexity index is 264. The van der Waals surface area contributed by atoms with Crippen molar-refractivity contribution >= 4 is 12.4 Å². The molecule has 0 saturated heterocycles. The van der Waals surface area contributed by atoms with E-state index in [-0.39, 0.29) is 12.4 Å². The van der Waals surface area contributed by atoms with Crippen LogP contribution in [0.3, 0.4) is 0 Å². The summed E-state index contributed by atoms with van der Waals surface area (Å²) in [4.78, 5) is 0. The monoisotopic (exact) mass is 245 g/mol. The van der Waals surface area contributed by atoms with Crippen LogP contribution in [-0.2, 0) is 0 Å². The fourth-order valence-corrected chi connectivity index (χ4v) is 1.14. The van der Waals surface area contributed by atoms with Gasteiger partial charge in [0, 0.05) is 6.54 Å². The normalized spacial score (nSPS) is 9.38. The lowest BCUT2D eigenvalue weighted by Gasteiger charge is -2.07. The van der Waals surface area contributed by atoms with E-state index in [1.807, 2.05) is 24.3 Å². The Morgan fingerprint density at radius 1 is 1.00 bits per heavy atom. The largest absolute Gasteiger partial charge is 0.494 e. The Morgan fingerprint density at radius 3 is 1.94 bits per heavy atom. The highest BCUT2D eigenvalue weighted by atomic mass is 35.5. The van der Waals surface area contributed by atoms with Crippen molar-refractivity contribution in [3.63, 3.8) is 0 Å². The molecule has 0 unspecified atom stereocenters. The summed E-state index contributed by atoms with van der Waals surface area (Å²) in [6.45, 7) is 4.01. The van der Waals surface area contributed by atoms with Gasteiger partial charge in [-0.2, -0.15) is 0 Å². The first-order valence-electron chi connectivity index (χ1n) is 5.42. The van der Waals surface area contributed by atoms with Gasteiger partial charge in [-0.25, -0.2) is 0 Å². The smallest absolute Gasteiger partial charge is 0.119 e. The lowest BCUT2D eigenvalue weighted by atomic mass is 10.3. The zero-order valence-electron chi connectivity index (χ0n) is 9.65. The van der Waals surface area contributed by atoms with Crippen LogP contribution in [0.5, 0.6) is 11.5 Å². The van der Waals surface area contributed by atoms with Gasteiger partial charge >= 0.3 is 0 Å². The number of halogens is 1. The molecule has 92 valence electrons. The van der Waals surface area contributed by atoms with Crippen LogP contribution in [0.4, 0.5) is 0 Å². The van der Waals surface area contributed by atoms with Crippen LogP contribution >= 0.6 is 12.4 Å². The highest BCUT2D eigenvalue weighted by Crippen LogP contribution is 2.17. The second-order valence-electron chi connectivity index (χ2n) is 3.31. The first-order valence-corrected chi connectivity index (χ1v) is 5.42. The molecule has 0 fully saturated rings. The fraction of sp³-hybridized carbons (Fsp3) is 0.500. The van der Waals surface area contributed by atoms with Crippen molar-refractivity contribution in [3.05, 3.63) is 24.3 Å². The zero-order valence-corrected chi connectivity index (χ0v) is 10.5. The van der Waals surface area contributed by atoms with Crippen LogP contribution in [-0.4, -0.2) is 19.8 Å². The van der Waals surface area contributed by atoms with Crippen molar-refractivity contribution in [2.24, 2.45) is 5.73 Å². The molecule has 0 amide bonds. The van der Waals surface area contributed by atoms with Crippen molar-refractivity contribution in [1.82, 2.24) is 0 Å². The quantitative estimate of drug-likeness (QED) is 0.751. The predicted molar refractivity (Wildman–Crippen MR) is 68.6 cm³/mol. The molecule has 4 heteroatoms. The summed E-state index contributed by atoms with van der Waals surface area (Å²) in [6, 6.07) is 7.64. The molecule has 0 atom stereocenters. The highest BCUT2D eigenvalue weighted by Gasteiger charge is 1.95. The van der Waals surface area contributed by atoms with Crippen LogP contribution < -0.4 is 15.2 Å². The molecule has 1 aromatic carbocycles. The van der Waals surface area contributed by atoms with Gasteiger partial charge in [0.05, 0.1) is 6.61 Å². The molecule has 0 bridgehead atoms. The maximum Gasteiger partial charge on any atom is 0.119 e. The molecule has 2 N–H and O–H groups in total. The van der Waals surface area contributed by atoms with Crippen LogP contribution in [0.25, 0.3) is 0 Å². The summed E-state index contributed by atoms with van der Waals surface area (Å²) in [7, 11) is 0. The van der Waals surface area contributed by atoms with Gasteiger partial charge in [0.15, 0.2) is 0 Å². The summed E-state index contributed by atoms with van der Waals surface area (Å²) < 4.78 is 10.9. The van der Waals surface area contributed by atoms with E-state index < -0.39 is 0 Å². The van der Waals surface area contributed by atoms with Gasteiger partial charge in [0.25, 0.3) is 0 Å². The van der Waals surface area contributed by atoms with E-state index in [1.165, 1.54) is 0 Å². The van der Waals surface area contributed by atoms with Gasteiger partial charge in [-0.1, -0.05) is 13.3 Å². The van der Waals surface area contributed by atoms with Crippen molar-refractivity contribution < 1.29 is 9.47 Å². The summed E-state index contributed by atoms with van der Waals surface area (Å²) in [5.41, 5.74) is 5.34. The first kappa shape index (κ1) is 15.1.